The molecule has 1 fully saturated rings. The van der Waals surface area contributed by atoms with E-state index in [2.05, 4.69) is 20.9 Å². The average molecular weight is 301 g/mol. The molecule has 0 spiro atoms. The summed E-state index contributed by atoms with van der Waals surface area (Å²) in [7, 11) is 0. The van der Waals surface area contributed by atoms with Crippen molar-refractivity contribution < 1.29 is 9.47 Å². The van der Waals surface area contributed by atoms with Crippen LogP contribution in [0.2, 0.25) is 0 Å². The van der Waals surface area contributed by atoms with E-state index >= 15 is 0 Å². The number of nitrogens with two attached hydrogens (primary N) is 1. The predicted octanol–water partition coefficient (Wildman–Crippen LogP) is 2.25. The standard InChI is InChI=1S/C12H17BrN2O2/c13-9-5-12(11(6-14)15-7-9)17-8-10-3-1-2-4-16-10/h5,7,10H,1-4,6,8,14H2. The Morgan fingerprint density at radius 2 is 2.41 bits per heavy atom. The highest BCUT2D eigenvalue weighted by Gasteiger charge is 2.15. The van der Waals surface area contributed by atoms with Crippen LogP contribution in [-0.2, 0) is 11.3 Å². The molecule has 94 valence electrons. The average Bonchev–Trinajstić information content (AvgIpc) is 2.38. The number of hydrogen-bond acceptors (Lipinski definition) is 4. The largest absolute Gasteiger partial charge is 0.489 e. The number of pyridine rings is 1. The van der Waals surface area contributed by atoms with Gasteiger partial charge in [-0.2, -0.15) is 0 Å². The van der Waals surface area contributed by atoms with Gasteiger partial charge in [0.2, 0.25) is 0 Å². The van der Waals surface area contributed by atoms with Crippen LogP contribution >= 0.6 is 15.9 Å². The second-order valence-corrected chi connectivity index (χ2v) is 5.02. The predicted molar refractivity (Wildman–Crippen MR) is 68.9 cm³/mol. The number of rotatable bonds is 4. The summed E-state index contributed by atoms with van der Waals surface area (Å²) < 4.78 is 12.3. The molecule has 2 heterocycles. The van der Waals surface area contributed by atoms with Crippen LogP contribution in [0, 0.1) is 0 Å². The Labute approximate surface area is 110 Å². The molecule has 0 aliphatic carbocycles. The quantitative estimate of drug-likeness (QED) is 0.926. The third-order valence-electron chi connectivity index (χ3n) is 2.79. The highest BCUT2D eigenvalue weighted by molar-refractivity contribution is 9.10. The molecule has 0 amide bonds. The van der Waals surface area contributed by atoms with Crippen molar-refractivity contribution in [2.75, 3.05) is 13.2 Å². The SMILES string of the molecule is NCc1ncc(Br)cc1OCC1CCCCO1. The van der Waals surface area contributed by atoms with Gasteiger partial charge in [-0.25, -0.2) is 0 Å². The normalized spacial score (nSPS) is 20.2. The molecule has 1 atom stereocenters. The highest BCUT2D eigenvalue weighted by atomic mass is 79.9. The van der Waals surface area contributed by atoms with Crippen LogP contribution in [0.3, 0.4) is 0 Å². The molecule has 1 aromatic rings. The first-order valence-electron chi connectivity index (χ1n) is 5.88. The highest BCUT2D eigenvalue weighted by Crippen LogP contribution is 2.22. The lowest BCUT2D eigenvalue weighted by Crippen LogP contribution is -2.26. The van der Waals surface area contributed by atoms with Crippen LogP contribution in [0.15, 0.2) is 16.7 Å². The summed E-state index contributed by atoms with van der Waals surface area (Å²) in [6.07, 6.45) is 5.37. The first kappa shape index (κ1) is 12.8. The van der Waals surface area contributed by atoms with E-state index in [-0.39, 0.29) is 6.10 Å². The summed E-state index contributed by atoms with van der Waals surface area (Å²) in [5, 5.41) is 0. The Hall–Kier alpha value is -0.650. The molecule has 5 heteroatoms. The van der Waals surface area contributed by atoms with Crippen LogP contribution in [0.1, 0.15) is 25.0 Å². The lowest BCUT2D eigenvalue weighted by atomic mass is 10.1. The molecule has 1 saturated heterocycles. The molecule has 1 aromatic heterocycles. The van der Waals surface area contributed by atoms with E-state index in [1.54, 1.807) is 6.20 Å². The van der Waals surface area contributed by atoms with Crippen molar-refractivity contribution in [3.05, 3.63) is 22.4 Å². The molecule has 1 aliphatic heterocycles. The van der Waals surface area contributed by atoms with E-state index in [9.17, 15) is 0 Å². The lowest BCUT2D eigenvalue weighted by Gasteiger charge is -2.23. The Kier molecular flexibility index (Phi) is 4.76. The van der Waals surface area contributed by atoms with Crippen LogP contribution < -0.4 is 10.5 Å². The number of hydrogen-bond donors (Lipinski definition) is 1. The summed E-state index contributed by atoms with van der Waals surface area (Å²) in [4.78, 5) is 4.22. The lowest BCUT2D eigenvalue weighted by molar-refractivity contribution is -0.0113. The van der Waals surface area contributed by atoms with Crippen LogP contribution in [0.25, 0.3) is 0 Å². The Morgan fingerprint density at radius 3 is 3.12 bits per heavy atom. The van der Waals surface area contributed by atoms with E-state index in [1.165, 1.54) is 6.42 Å². The second-order valence-electron chi connectivity index (χ2n) is 4.10. The van der Waals surface area contributed by atoms with Crippen molar-refractivity contribution in [3.63, 3.8) is 0 Å². The molecule has 0 bridgehead atoms. The molecule has 1 aliphatic rings. The van der Waals surface area contributed by atoms with E-state index in [4.69, 9.17) is 15.2 Å². The van der Waals surface area contributed by atoms with Gasteiger partial charge in [-0.15, -0.1) is 0 Å². The Bertz CT molecular complexity index is 368. The smallest absolute Gasteiger partial charge is 0.143 e. The van der Waals surface area contributed by atoms with Gasteiger partial charge in [0.15, 0.2) is 0 Å². The minimum absolute atomic E-state index is 0.202. The second kappa shape index (κ2) is 6.33. The van der Waals surface area contributed by atoms with Crippen LogP contribution in [0.5, 0.6) is 5.75 Å². The number of nitrogens with zero attached hydrogens (tertiary/aromatic N) is 1. The summed E-state index contributed by atoms with van der Waals surface area (Å²) in [6, 6.07) is 1.90. The van der Waals surface area contributed by atoms with Crippen molar-refractivity contribution in [2.45, 2.75) is 31.9 Å². The maximum absolute atomic E-state index is 5.75. The monoisotopic (exact) mass is 300 g/mol. The van der Waals surface area contributed by atoms with Crippen molar-refractivity contribution in [3.8, 4) is 5.75 Å². The van der Waals surface area contributed by atoms with Gasteiger partial charge in [-0.05, 0) is 41.3 Å². The molecule has 2 rings (SSSR count). The van der Waals surface area contributed by atoms with Gasteiger partial charge in [0, 0.05) is 23.8 Å². The maximum atomic E-state index is 5.75. The van der Waals surface area contributed by atoms with Gasteiger partial charge in [0.25, 0.3) is 0 Å². The fourth-order valence-electron chi connectivity index (χ4n) is 1.85. The fourth-order valence-corrected chi connectivity index (χ4v) is 2.16. The topological polar surface area (TPSA) is 57.4 Å². The zero-order chi connectivity index (χ0) is 12.1. The zero-order valence-electron chi connectivity index (χ0n) is 9.69. The number of aromatic nitrogens is 1. The number of ether oxygens (including phenoxy) is 2. The van der Waals surface area contributed by atoms with Crippen LogP contribution in [-0.4, -0.2) is 24.3 Å². The summed E-state index contributed by atoms with van der Waals surface area (Å²) in [6.45, 7) is 1.80. The Balaban J connectivity index is 1.95. The molecule has 2 N–H and O–H groups in total. The first-order valence-corrected chi connectivity index (χ1v) is 6.68. The van der Waals surface area contributed by atoms with Crippen molar-refractivity contribution in [1.29, 1.82) is 0 Å². The van der Waals surface area contributed by atoms with Gasteiger partial charge in [0.05, 0.1) is 11.8 Å². The third-order valence-corrected chi connectivity index (χ3v) is 3.22. The van der Waals surface area contributed by atoms with Crippen molar-refractivity contribution in [1.82, 2.24) is 4.98 Å². The van der Waals surface area contributed by atoms with E-state index in [0.717, 1.165) is 35.4 Å². The van der Waals surface area contributed by atoms with Gasteiger partial charge in [0.1, 0.15) is 12.4 Å². The molecule has 4 nitrogen and oxygen atoms in total. The van der Waals surface area contributed by atoms with Crippen molar-refractivity contribution >= 4 is 15.9 Å². The van der Waals surface area contributed by atoms with Gasteiger partial charge >= 0.3 is 0 Å². The van der Waals surface area contributed by atoms with E-state index in [1.807, 2.05) is 6.07 Å². The van der Waals surface area contributed by atoms with Gasteiger partial charge in [-0.1, -0.05) is 0 Å². The minimum atomic E-state index is 0.202. The summed E-state index contributed by atoms with van der Waals surface area (Å²) in [5.41, 5.74) is 6.40. The molecule has 0 radical (unpaired) electrons. The third kappa shape index (κ3) is 3.66. The van der Waals surface area contributed by atoms with Gasteiger partial charge < -0.3 is 15.2 Å². The molecular weight excluding hydrogens is 284 g/mol. The fraction of sp³-hybridized carbons (Fsp3) is 0.583. The summed E-state index contributed by atoms with van der Waals surface area (Å²) in [5.74, 6) is 0.746. The van der Waals surface area contributed by atoms with E-state index in [0.29, 0.717) is 13.2 Å². The molecular formula is C12H17BrN2O2. The minimum Gasteiger partial charge on any atom is -0.489 e. The van der Waals surface area contributed by atoms with Gasteiger partial charge in [-0.3, -0.25) is 4.98 Å². The Morgan fingerprint density at radius 1 is 1.53 bits per heavy atom. The molecule has 0 aromatic carbocycles. The molecule has 0 saturated carbocycles. The summed E-state index contributed by atoms with van der Waals surface area (Å²) >= 11 is 3.38. The first-order chi connectivity index (χ1) is 8.29. The van der Waals surface area contributed by atoms with Crippen molar-refractivity contribution in [2.24, 2.45) is 5.73 Å². The molecule has 1 unspecified atom stereocenters. The zero-order valence-corrected chi connectivity index (χ0v) is 11.3. The molecule has 17 heavy (non-hydrogen) atoms. The number of halogens is 1. The van der Waals surface area contributed by atoms with Crippen LogP contribution in [0.4, 0.5) is 0 Å². The maximum Gasteiger partial charge on any atom is 0.143 e. The van der Waals surface area contributed by atoms with E-state index < -0.39 is 0 Å².